The molecule has 1 saturated heterocycles. The van der Waals surface area contributed by atoms with Crippen LogP contribution in [-0.2, 0) is 19.1 Å². The molecule has 1 aromatic heterocycles. The Balaban J connectivity index is 1.35. The molecule has 0 bridgehead atoms. The van der Waals surface area contributed by atoms with Gasteiger partial charge in [-0.1, -0.05) is 12.1 Å². The highest BCUT2D eigenvalue weighted by molar-refractivity contribution is 7.10. The minimum Gasteiger partial charge on any atom is -0.321 e. The van der Waals surface area contributed by atoms with Crippen molar-refractivity contribution < 1.29 is 18.0 Å². The van der Waals surface area contributed by atoms with E-state index in [0.29, 0.717) is 13.1 Å². The van der Waals surface area contributed by atoms with Gasteiger partial charge in [0.15, 0.2) is 0 Å². The maximum Gasteiger partial charge on any atom is 0.418 e. The number of urea groups is 1. The van der Waals surface area contributed by atoms with Crippen molar-refractivity contribution in [1.29, 1.82) is 0 Å². The fraction of sp³-hybridized carbons (Fsp3) is 0.389. The van der Waals surface area contributed by atoms with Crippen molar-refractivity contribution in [2.45, 2.75) is 25.2 Å². The third-order valence-electron chi connectivity index (χ3n) is 4.98. The van der Waals surface area contributed by atoms with E-state index in [-0.39, 0.29) is 11.7 Å². The molecule has 2 amide bonds. The Morgan fingerprint density at radius 2 is 1.96 bits per heavy atom. The predicted octanol–water partition coefficient (Wildman–Crippen LogP) is 4.04. The maximum atomic E-state index is 13.0. The minimum atomic E-state index is -4.49. The first-order chi connectivity index (χ1) is 12.4. The van der Waals surface area contributed by atoms with Crippen molar-refractivity contribution in [2.75, 3.05) is 25.0 Å². The average molecular weight is 381 g/mol. The van der Waals surface area contributed by atoms with Crippen molar-refractivity contribution in [3.05, 3.63) is 51.7 Å². The molecule has 0 spiro atoms. The van der Waals surface area contributed by atoms with Crippen molar-refractivity contribution in [3.8, 4) is 0 Å². The van der Waals surface area contributed by atoms with Crippen molar-refractivity contribution in [2.24, 2.45) is 0 Å². The normalized spacial score (nSPS) is 18.3. The molecule has 2 aromatic rings. The van der Waals surface area contributed by atoms with E-state index in [1.165, 1.54) is 28.6 Å². The van der Waals surface area contributed by atoms with Gasteiger partial charge < -0.3 is 10.2 Å². The maximum absolute atomic E-state index is 13.0. The van der Waals surface area contributed by atoms with Gasteiger partial charge in [-0.3, -0.25) is 4.90 Å². The molecule has 8 heteroatoms. The van der Waals surface area contributed by atoms with Gasteiger partial charge >= 0.3 is 12.2 Å². The molecule has 0 radical (unpaired) electrons. The number of alkyl halides is 3. The monoisotopic (exact) mass is 381 g/mol. The summed E-state index contributed by atoms with van der Waals surface area (Å²) < 4.78 is 39.1. The number of anilines is 1. The van der Waals surface area contributed by atoms with Gasteiger partial charge in [-0.25, -0.2) is 4.79 Å². The number of amides is 2. The molecular weight excluding hydrogens is 363 g/mol. The van der Waals surface area contributed by atoms with Crippen LogP contribution in [0.5, 0.6) is 0 Å². The molecule has 4 nitrogen and oxygen atoms in total. The number of nitrogens with zero attached hydrogens (tertiary/aromatic N) is 2. The van der Waals surface area contributed by atoms with E-state index in [2.05, 4.69) is 21.7 Å². The summed E-state index contributed by atoms with van der Waals surface area (Å²) in [5.74, 6) is 0. The van der Waals surface area contributed by atoms with Crippen LogP contribution in [0.25, 0.3) is 0 Å². The second kappa shape index (κ2) is 6.59. The molecular formula is C18H18F3N3OS. The molecule has 138 valence electrons. The minimum absolute atomic E-state index is 0.200. The number of nitrogens with one attached hydrogen (secondary N) is 1. The molecule has 1 N–H and O–H groups in total. The summed E-state index contributed by atoms with van der Waals surface area (Å²) in [4.78, 5) is 17.6. The molecule has 0 atom stereocenters. The smallest absolute Gasteiger partial charge is 0.321 e. The summed E-state index contributed by atoms with van der Waals surface area (Å²) in [5, 5.41) is 4.51. The van der Waals surface area contributed by atoms with Gasteiger partial charge in [0, 0.05) is 37.1 Å². The quantitative estimate of drug-likeness (QED) is 0.852. The molecule has 2 aliphatic rings. The van der Waals surface area contributed by atoms with Crippen LogP contribution in [0.3, 0.4) is 0 Å². The van der Waals surface area contributed by atoms with Crippen LogP contribution in [0.15, 0.2) is 35.7 Å². The number of fused-ring (bicyclic) bond motifs is 1. The van der Waals surface area contributed by atoms with Gasteiger partial charge in [0.05, 0.1) is 11.3 Å². The topological polar surface area (TPSA) is 35.6 Å². The lowest BCUT2D eigenvalue weighted by molar-refractivity contribution is -0.136. The van der Waals surface area contributed by atoms with E-state index in [9.17, 15) is 18.0 Å². The molecule has 2 aliphatic heterocycles. The van der Waals surface area contributed by atoms with Crippen molar-refractivity contribution in [1.82, 2.24) is 9.80 Å². The first-order valence-electron chi connectivity index (χ1n) is 8.43. The molecule has 3 heterocycles. The summed E-state index contributed by atoms with van der Waals surface area (Å²) in [7, 11) is 0. The number of halogens is 3. The Morgan fingerprint density at radius 1 is 1.19 bits per heavy atom. The fourth-order valence-corrected chi connectivity index (χ4v) is 4.36. The highest BCUT2D eigenvalue weighted by Crippen LogP contribution is 2.35. The van der Waals surface area contributed by atoms with Crippen LogP contribution in [0.4, 0.5) is 23.7 Å². The zero-order chi connectivity index (χ0) is 18.3. The predicted molar refractivity (Wildman–Crippen MR) is 94.3 cm³/mol. The number of hydrogen-bond donors (Lipinski definition) is 1. The second-order valence-corrected chi connectivity index (χ2v) is 7.62. The van der Waals surface area contributed by atoms with Gasteiger partial charge in [0.1, 0.15) is 0 Å². The first-order valence-corrected chi connectivity index (χ1v) is 9.31. The highest BCUT2D eigenvalue weighted by Gasteiger charge is 2.38. The molecule has 26 heavy (non-hydrogen) atoms. The molecule has 0 aliphatic carbocycles. The molecule has 4 rings (SSSR count). The lowest BCUT2D eigenvalue weighted by atomic mass is 10.0. The second-order valence-electron chi connectivity index (χ2n) is 6.62. The van der Waals surface area contributed by atoms with E-state index >= 15 is 0 Å². The largest absolute Gasteiger partial charge is 0.418 e. The van der Waals surface area contributed by atoms with Gasteiger partial charge in [0.2, 0.25) is 0 Å². The van der Waals surface area contributed by atoms with Crippen molar-refractivity contribution in [3.63, 3.8) is 0 Å². The number of hydrogen-bond acceptors (Lipinski definition) is 3. The number of likely N-dealkylation sites (tertiary alicyclic amines) is 1. The summed E-state index contributed by atoms with van der Waals surface area (Å²) in [5.41, 5.74) is 0.323. The van der Waals surface area contributed by atoms with Crippen LogP contribution >= 0.6 is 11.3 Å². The average Bonchev–Trinajstić information content (AvgIpc) is 3.00. The first kappa shape index (κ1) is 17.4. The SMILES string of the molecule is O=C(Nc1ccccc1C(F)(F)F)N1CC(N2CCc3sccc3C2)C1. The summed E-state index contributed by atoms with van der Waals surface area (Å²) in [6.07, 6.45) is -3.47. The van der Waals surface area contributed by atoms with Crippen LogP contribution in [0.2, 0.25) is 0 Å². The van der Waals surface area contributed by atoms with Gasteiger partial charge in [0.25, 0.3) is 0 Å². The summed E-state index contributed by atoms with van der Waals surface area (Å²) in [6, 6.07) is 6.98. The standard InChI is InChI=1S/C18H18F3N3OS/c19-18(20,21)14-3-1-2-4-15(14)22-17(25)24-10-13(11-24)23-7-5-16-12(9-23)6-8-26-16/h1-4,6,8,13H,5,7,9-11H2,(H,22,25). The van der Waals surface area contributed by atoms with E-state index in [0.717, 1.165) is 25.6 Å². The Kier molecular flexibility index (Phi) is 4.40. The number of para-hydroxylation sites is 1. The van der Waals surface area contributed by atoms with Gasteiger partial charge in [-0.05, 0) is 35.6 Å². The molecule has 1 fully saturated rings. The molecule has 1 aromatic carbocycles. The van der Waals surface area contributed by atoms with E-state index < -0.39 is 17.8 Å². The summed E-state index contributed by atoms with van der Waals surface area (Å²) in [6.45, 7) is 2.93. The Morgan fingerprint density at radius 3 is 2.73 bits per heavy atom. The van der Waals surface area contributed by atoms with Crippen LogP contribution in [0.1, 0.15) is 16.0 Å². The number of rotatable bonds is 2. The van der Waals surface area contributed by atoms with Crippen molar-refractivity contribution >= 4 is 23.1 Å². The van der Waals surface area contributed by atoms with Gasteiger partial charge in [-0.15, -0.1) is 11.3 Å². The fourth-order valence-electron chi connectivity index (χ4n) is 3.47. The van der Waals surface area contributed by atoms with E-state index in [1.54, 1.807) is 16.2 Å². The zero-order valence-electron chi connectivity index (χ0n) is 13.9. The Hall–Kier alpha value is -2.06. The van der Waals surface area contributed by atoms with E-state index in [1.807, 2.05) is 0 Å². The van der Waals surface area contributed by atoms with Crippen LogP contribution in [-0.4, -0.2) is 41.5 Å². The third kappa shape index (κ3) is 3.31. The lowest BCUT2D eigenvalue weighted by Gasteiger charge is -2.46. The number of benzene rings is 1. The number of carbonyl (C=O) groups is 1. The lowest BCUT2D eigenvalue weighted by Crippen LogP contribution is -2.62. The Labute approximate surface area is 153 Å². The number of carbonyl (C=O) groups excluding carboxylic acids is 1. The molecule has 0 saturated carbocycles. The van der Waals surface area contributed by atoms with Crippen LogP contribution < -0.4 is 5.32 Å². The summed E-state index contributed by atoms with van der Waals surface area (Å²) >= 11 is 1.78. The Bertz CT molecular complexity index is 814. The molecule has 0 unspecified atom stereocenters. The highest BCUT2D eigenvalue weighted by atomic mass is 32.1. The van der Waals surface area contributed by atoms with Crippen LogP contribution in [0, 0.1) is 0 Å². The van der Waals surface area contributed by atoms with E-state index in [4.69, 9.17) is 0 Å². The van der Waals surface area contributed by atoms with Gasteiger partial charge in [-0.2, -0.15) is 13.2 Å². The third-order valence-corrected chi connectivity index (χ3v) is 6.00. The zero-order valence-corrected chi connectivity index (χ0v) is 14.7. The number of thiophene rings is 1.